The number of rotatable bonds is 2. The molecule has 122 valence electrons. The first-order valence-corrected chi connectivity index (χ1v) is 8.38. The van der Waals surface area contributed by atoms with Crippen LogP contribution in [-0.4, -0.2) is 35.4 Å². The molecular formula is C17H19FN2O3. The number of hydrogen-bond acceptors (Lipinski definition) is 3. The van der Waals surface area contributed by atoms with E-state index in [0.29, 0.717) is 24.3 Å². The topological polar surface area (TPSA) is 50.8 Å². The second-order valence-corrected chi connectivity index (χ2v) is 6.91. The molecule has 2 amide bonds. The Morgan fingerprint density at radius 2 is 2.17 bits per heavy atom. The summed E-state index contributed by atoms with van der Waals surface area (Å²) in [6, 6.07) is 4.55. The van der Waals surface area contributed by atoms with Crippen molar-refractivity contribution in [2.45, 2.75) is 56.0 Å². The average Bonchev–Trinajstić information content (AvgIpc) is 3.18. The summed E-state index contributed by atoms with van der Waals surface area (Å²) >= 11 is 0. The van der Waals surface area contributed by atoms with Crippen molar-refractivity contribution in [2.75, 3.05) is 6.61 Å². The normalized spacial score (nSPS) is 35.5. The van der Waals surface area contributed by atoms with Crippen LogP contribution in [0.4, 0.5) is 9.18 Å². The molecule has 5 rings (SSSR count). The van der Waals surface area contributed by atoms with Crippen LogP contribution < -0.4 is 10.1 Å². The third-order valence-electron chi connectivity index (χ3n) is 5.41. The molecule has 3 aliphatic heterocycles. The van der Waals surface area contributed by atoms with E-state index < -0.39 is 5.72 Å². The fourth-order valence-corrected chi connectivity index (χ4v) is 4.33. The van der Waals surface area contributed by atoms with Crippen LogP contribution in [0.15, 0.2) is 18.2 Å². The number of ether oxygens (including phenoxy) is 2. The molecule has 6 heteroatoms. The van der Waals surface area contributed by atoms with Gasteiger partial charge in [-0.25, -0.2) is 9.18 Å². The summed E-state index contributed by atoms with van der Waals surface area (Å²) in [5.74, 6) is 0.205. The predicted octanol–water partition coefficient (Wildman–Crippen LogP) is 2.71. The van der Waals surface area contributed by atoms with Gasteiger partial charge in [-0.2, -0.15) is 0 Å². The standard InChI is InChI=1S/C17H19FN2O3/c18-11-3-1-4-13-15(11)12-9-17(23-13,14-5-2-8-22-14)20(10-6-7-10)16(21)19-12/h1,3-4,10,12,14H,2,5-9H2,(H,19,21)/t12?,14-,17?/m0/s1. The van der Waals surface area contributed by atoms with Crippen molar-refractivity contribution in [1.29, 1.82) is 0 Å². The van der Waals surface area contributed by atoms with E-state index in [-0.39, 0.29) is 30.0 Å². The van der Waals surface area contributed by atoms with Crippen molar-refractivity contribution in [2.24, 2.45) is 0 Å². The molecule has 2 bridgehead atoms. The van der Waals surface area contributed by atoms with Crippen molar-refractivity contribution >= 4 is 6.03 Å². The SMILES string of the molecule is O=C1NC2CC([C@@H]3CCCO3)(Oc3cccc(F)c32)N1C1CC1. The highest BCUT2D eigenvalue weighted by molar-refractivity contribution is 5.78. The van der Waals surface area contributed by atoms with Gasteiger partial charge in [0.25, 0.3) is 0 Å². The molecular weight excluding hydrogens is 299 g/mol. The lowest BCUT2D eigenvalue weighted by Crippen LogP contribution is -2.71. The molecule has 1 aromatic rings. The summed E-state index contributed by atoms with van der Waals surface area (Å²) < 4.78 is 26.6. The molecule has 1 aliphatic carbocycles. The number of halogens is 1. The lowest BCUT2D eigenvalue weighted by Gasteiger charge is -2.54. The molecule has 2 saturated heterocycles. The van der Waals surface area contributed by atoms with Gasteiger partial charge in [-0.3, -0.25) is 4.90 Å². The maximum Gasteiger partial charge on any atom is 0.321 e. The van der Waals surface area contributed by atoms with Gasteiger partial charge in [-0.1, -0.05) is 6.07 Å². The Morgan fingerprint density at radius 1 is 1.30 bits per heavy atom. The van der Waals surface area contributed by atoms with Gasteiger partial charge in [0, 0.05) is 19.1 Å². The summed E-state index contributed by atoms with van der Waals surface area (Å²) in [6.07, 6.45) is 4.21. The quantitative estimate of drug-likeness (QED) is 0.912. The Hall–Kier alpha value is -1.82. The maximum atomic E-state index is 14.3. The minimum absolute atomic E-state index is 0.145. The van der Waals surface area contributed by atoms with Crippen LogP contribution in [0.2, 0.25) is 0 Å². The second kappa shape index (κ2) is 4.60. The summed E-state index contributed by atoms with van der Waals surface area (Å²) in [5.41, 5.74) is -0.337. The first kappa shape index (κ1) is 13.6. The van der Waals surface area contributed by atoms with Gasteiger partial charge in [0.15, 0.2) is 0 Å². The van der Waals surface area contributed by atoms with Gasteiger partial charge >= 0.3 is 6.03 Å². The Labute approximate surface area is 133 Å². The van der Waals surface area contributed by atoms with E-state index >= 15 is 0 Å². The highest BCUT2D eigenvalue weighted by Gasteiger charge is 2.61. The van der Waals surface area contributed by atoms with E-state index in [1.165, 1.54) is 6.07 Å². The number of nitrogens with one attached hydrogen (secondary N) is 1. The first-order chi connectivity index (χ1) is 11.2. The highest BCUT2D eigenvalue weighted by Crippen LogP contribution is 2.51. The molecule has 23 heavy (non-hydrogen) atoms. The monoisotopic (exact) mass is 318 g/mol. The number of hydrogen-bond donors (Lipinski definition) is 1. The van der Waals surface area contributed by atoms with E-state index in [1.807, 2.05) is 4.90 Å². The Kier molecular flexibility index (Phi) is 2.72. The van der Waals surface area contributed by atoms with Gasteiger partial charge in [-0.05, 0) is 37.8 Å². The number of amides is 2. The zero-order valence-electron chi connectivity index (χ0n) is 12.8. The molecule has 0 aromatic heterocycles. The van der Waals surface area contributed by atoms with Crippen LogP contribution in [0.3, 0.4) is 0 Å². The van der Waals surface area contributed by atoms with E-state index in [2.05, 4.69) is 5.32 Å². The molecule has 2 unspecified atom stereocenters. The smallest absolute Gasteiger partial charge is 0.321 e. The summed E-state index contributed by atoms with van der Waals surface area (Å²) in [5, 5.41) is 2.98. The fraction of sp³-hybridized carbons (Fsp3) is 0.588. The average molecular weight is 318 g/mol. The third-order valence-corrected chi connectivity index (χ3v) is 5.41. The predicted molar refractivity (Wildman–Crippen MR) is 79.5 cm³/mol. The minimum atomic E-state index is -0.800. The van der Waals surface area contributed by atoms with Crippen LogP contribution in [-0.2, 0) is 4.74 Å². The summed E-state index contributed by atoms with van der Waals surface area (Å²) in [7, 11) is 0. The molecule has 4 aliphatic rings. The van der Waals surface area contributed by atoms with Gasteiger partial charge in [-0.15, -0.1) is 0 Å². The largest absolute Gasteiger partial charge is 0.464 e. The Balaban J connectivity index is 1.65. The number of carbonyl (C=O) groups is 1. The maximum absolute atomic E-state index is 14.3. The van der Waals surface area contributed by atoms with Crippen molar-refractivity contribution < 1.29 is 18.7 Å². The van der Waals surface area contributed by atoms with Gasteiger partial charge in [0.1, 0.15) is 17.7 Å². The van der Waals surface area contributed by atoms with Crippen LogP contribution in [0, 0.1) is 5.82 Å². The molecule has 1 aromatic carbocycles. The van der Waals surface area contributed by atoms with E-state index in [4.69, 9.17) is 9.47 Å². The van der Waals surface area contributed by atoms with E-state index in [1.54, 1.807) is 12.1 Å². The molecule has 3 fully saturated rings. The number of benzene rings is 1. The van der Waals surface area contributed by atoms with E-state index in [9.17, 15) is 9.18 Å². The molecule has 3 atom stereocenters. The van der Waals surface area contributed by atoms with Gasteiger partial charge in [0.2, 0.25) is 5.72 Å². The number of carbonyl (C=O) groups excluding carboxylic acids is 1. The van der Waals surface area contributed by atoms with Crippen LogP contribution in [0.1, 0.15) is 43.7 Å². The first-order valence-electron chi connectivity index (χ1n) is 8.38. The van der Waals surface area contributed by atoms with Crippen molar-refractivity contribution in [3.8, 4) is 5.75 Å². The summed E-state index contributed by atoms with van der Waals surface area (Å²) in [6.45, 7) is 0.691. The van der Waals surface area contributed by atoms with Crippen molar-refractivity contribution in [1.82, 2.24) is 10.2 Å². The van der Waals surface area contributed by atoms with E-state index in [0.717, 1.165) is 25.7 Å². The zero-order valence-corrected chi connectivity index (χ0v) is 12.8. The molecule has 0 radical (unpaired) electrons. The highest BCUT2D eigenvalue weighted by atomic mass is 19.1. The van der Waals surface area contributed by atoms with Crippen LogP contribution in [0.25, 0.3) is 0 Å². The number of urea groups is 1. The number of fused-ring (bicyclic) bond motifs is 4. The molecule has 1 N–H and O–H groups in total. The van der Waals surface area contributed by atoms with Crippen molar-refractivity contribution in [3.63, 3.8) is 0 Å². The van der Waals surface area contributed by atoms with Crippen LogP contribution in [0.5, 0.6) is 5.75 Å². The fourth-order valence-electron chi connectivity index (χ4n) is 4.33. The molecule has 0 spiro atoms. The third kappa shape index (κ3) is 1.84. The van der Waals surface area contributed by atoms with Gasteiger partial charge < -0.3 is 14.8 Å². The molecule has 5 nitrogen and oxygen atoms in total. The van der Waals surface area contributed by atoms with Gasteiger partial charge in [0.05, 0.1) is 11.6 Å². The summed E-state index contributed by atoms with van der Waals surface area (Å²) in [4.78, 5) is 14.6. The lowest BCUT2D eigenvalue weighted by atomic mass is 9.85. The second-order valence-electron chi connectivity index (χ2n) is 6.91. The Morgan fingerprint density at radius 3 is 2.91 bits per heavy atom. The Bertz CT molecular complexity index is 672. The number of nitrogens with zero attached hydrogens (tertiary/aromatic N) is 1. The van der Waals surface area contributed by atoms with Crippen LogP contribution >= 0.6 is 0 Å². The zero-order chi connectivity index (χ0) is 15.6. The lowest BCUT2D eigenvalue weighted by molar-refractivity contribution is -0.174. The van der Waals surface area contributed by atoms with Crippen molar-refractivity contribution in [3.05, 3.63) is 29.6 Å². The molecule has 1 saturated carbocycles. The molecule has 3 heterocycles. The minimum Gasteiger partial charge on any atom is -0.464 e.